The largest absolute Gasteiger partial charge is 0.371 e. The zero-order valence-electron chi connectivity index (χ0n) is 18.1. The normalized spacial score (nSPS) is 19.5. The van der Waals surface area contributed by atoms with Crippen LogP contribution in [-0.2, 0) is 6.54 Å². The maximum absolute atomic E-state index is 13.1. The molecule has 1 atom stereocenters. The lowest BCUT2D eigenvalue weighted by Crippen LogP contribution is -2.45. The van der Waals surface area contributed by atoms with Gasteiger partial charge in [0.15, 0.2) is 0 Å². The van der Waals surface area contributed by atoms with Crippen molar-refractivity contribution in [2.75, 3.05) is 62.7 Å². The lowest BCUT2D eigenvalue weighted by atomic mass is 10.1. The summed E-state index contributed by atoms with van der Waals surface area (Å²) in [6.07, 6.45) is 2.82. The van der Waals surface area contributed by atoms with Crippen LogP contribution in [-0.4, -0.2) is 68.8 Å². The van der Waals surface area contributed by atoms with E-state index in [0.717, 1.165) is 62.8 Å². The van der Waals surface area contributed by atoms with E-state index in [-0.39, 0.29) is 11.8 Å². The molecule has 7 nitrogen and oxygen atoms in total. The third-order valence-electron chi connectivity index (χ3n) is 6.14. The van der Waals surface area contributed by atoms with Gasteiger partial charge in [-0.2, -0.15) is 0 Å². The van der Waals surface area contributed by atoms with Crippen LogP contribution in [0.4, 0.5) is 20.7 Å². The van der Waals surface area contributed by atoms with Crippen LogP contribution >= 0.6 is 0 Å². The number of aromatic nitrogens is 1. The highest BCUT2D eigenvalue weighted by Crippen LogP contribution is 2.23. The fourth-order valence-corrected chi connectivity index (χ4v) is 4.23. The Morgan fingerprint density at radius 3 is 2.61 bits per heavy atom. The molecule has 166 valence electrons. The Balaban J connectivity index is 1.23. The van der Waals surface area contributed by atoms with Crippen molar-refractivity contribution in [2.45, 2.75) is 13.0 Å². The number of rotatable bonds is 6. The number of benzene rings is 1. The van der Waals surface area contributed by atoms with Crippen molar-refractivity contribution in [3.05, 3.63) is 54.0 Å². The van der Waals surface area contributed by atoms with E-state index in [4.69, 9.17) is 0 Å². The number of piperazine rings is 1. The summed E-state index contributed by atoms with van der Waals surface area (Å²) in [6.45, 7) is 6.78. The predicted molar refractivity (Wildman–Crippen MR) is 121 cm³/mol. The second kappa shape index (κ2) is 9.96. The van der Waals surface area contributed by atoms with Gasteiger partial charge in [0.1, 0.15) is 11.6 Å². The molecule has 2 N–H and O–H groups in total. The molecule has 1 aromatic carbocycles. The second-order valence-corrected chi connectivity index (χ2v) is 8.42. The highest BCUT2D eigenvalue weighted by molar-refractivity contribution is 5.74. The van der Waals surface area contributed by atoms with Crippen molar-refractivity contribution in [1.82, 2.24) is 20.5 Å². The fraction of sp³-hybridized carbons (Fsp3) is 0.478. The Labute approximate surface area is 183 Å². The SMILES string of the molecule is CN1CCN(c2ncccc2CNC(=O)NCC2CCN(c3ccc(F)cc3)C2)CC1. The van der Waals surface area contributed by atoms with E-state index in [1.807, 2.05) is 30.5 Å². The summed E-state index contributed by atoms with van der Waals surface area (Å²) >= 11 is 0. The Morgan fingerprint density at radius 2 is 1.84 bits per heavy atom. The summed E-state index contributed by atoms with van der Waals surface area (Å²) in [5.41, 5.74) is 2.06. The standard InChI is InChI=1S/C23H31FN6O/c1-28-11-13-29(14-12-28)22-19(3-2-9-25-22)16-27-23(31)26-15-18-8-10-30(17-18)21-6-4-20(24)5-7-21/h2-7,9,18H,8,10-17H2,1H3,(H2,26,27,31). The minimum atomic E-state index is -0.220. The maximum atomic E-state index is 13.1. The lowest BCUT2D eigenvalue weighted by molar-refractivity contribution is 0.239. The number of amides is 2. The summed E-state index contributed by atoms with van der Waals surface area (Å²) in [6, 6.07) is 10.4. The number of nitrogens with one attached hydrogen (secondary N) is 2. The molecule has 1 unspecified atom stereocenters. The van der Waals surface area contributed by atoms with Crippen molar-refractivity contribution in [2.24, 2.45) is 5.92 Å². The minimum Gasteiger partial charge on any atom is -0.371 e. The van der Waals surface area contributed by atoms with Crippen LogP contribution in [0.2, 0.25) is 0 Å². The first-order valence-electron chi connectivity index (χ1n) is 11.0. The van der Waals surface area contributed by atoms with Crippen LogP contribution < -0.4 is 20.4 Å². The molecule has 1 aromatic heterocycles. The van der Waals surface area contributed by atoms with E-state index >= 15 is 0 Å². The highest BCUT2D eigenvalue weighted by atomic mass is 19.1. The molecule has 0 spiro atoms. The Bertz CT molecular complexity index is 869. The molecule has 31 heavy (non-hydrogen) atoms. The van der Waals surface area contributed by atoms with E-state index in [1.54, 1.807) is 0 Å². The molecule has 0 aliphatic carbocycles. The molecule has 0 bridgehead atoms. The third-order valence-corrected chi connectivity index (χ3v) is 6.14. The number of urea groups is 1. The highest BCUT2D eigenvalue weighted by Gasteiger charge is 2.23. The van der Waals surface area contributed by atoms with Gasteiger partial charge in [0.05, 0.1) is 0 Å². The van der Waals surface area contributed by atoms with Crippen molar-refractivity contribution in [3.8, 4) is 0 Å². The van der Waals surface area contributed by atoms with E-state index in [2.05, 4.69) is 37.4 Å². The van der Waals surface area contributed by atoms with Gasteiger partial charge in [-0.05, 0) is 49.7 Å². The topological polar surface area (TPSA) is 63.7 Å². The van der Waals surface area contributed by atoms with E-state index in [9.17, 15) is 9.18 Å². The zero-order valence-corrected chi connectivity index (χ0v) is 18.1. The van der Waals surface area contributed by atoms with E-state index in [1.165, 1.54) is 12.1 Å². The Kier molecular flexibility index (Phi) is 6.86. The average Bonchev–Trinajstić information content (AvgIpc) is 3.27. The van der Waals surface area contributed by atoms with Gasteiger partial charge >= 0.3 is 6.03 Å². The van der Waals surface area contributed by atoms with Crippen molar-refractivity contribution >= 4 is 17.5 Å². The number of likely N-dealkylation sites (N-methyl/N-ethyl adjacent to an activating group) is 1. The quantitative estimate of drug-likeness (QED) is 0.742. The molecular weight excluding hydrogens is 395 g/mol. The molecule has 4 rings (SSSR count). The molecule has 2 aliphatic heterocycles. The third kappa shape index (κ3) is 5.64. The summed E-state index contributed by atoms with van der Waals surface area (Å²) in [7, 11) is 2.13. The number of hydrogen-bond acceptors (Lipinski definition) is 5. The lowest BCUT2D eigenvalue weighted by Gasteiger charge is -2.34. The van der Waals surface area contributed by atoms with Crippen LogP contribution in [0.3, 0.4) is 0 Å². The first-order valence-corrected chi connectivity index (χ1v) is 11.0. The number of hydrogen-bond donors (Lipinski definition) is 2. The number of anilines is 2. The van der Waals surface area contributed by atoms with Gasteiger partial charge in [0, 0.05) is 69.8 Å². The van der Waals surface area contributed by atoms with Crippen molar-refractivity contribution in [1.29, 1.82) is 0 Å². The van der Waals surface area contributed by atoms with Gasteiger partial charge in [-0.3, -0.25) is 0 Å². The number of nitrogens with zero attached hydrogens (tertiary/aromatic N) is 4. The summed E-state index contributed by atoms with van der Waals surface area (Å²) in [5, 5.41) is 5.98. The second-order valence-electron chi connectivity index (χ2n) is 8.42. The monoisotopic (exact) mass is 426 g/mol. The molecule has 2 aromatic rings. The molecular formula is C23H31FN6O. The van der Waals surface area contributed by atoms with Crippen LogP contribution in [0.15, 0.2) is 42.6 Å². The number of pyridine rings is 1. The van der Waals surface area contributed by atoms with Gasteiger partial charge in [0.2, 0.25) is 0 Å². The molecule has 2 aliphatic rings. The van der Waals surface area contributed by atoms with Gasteiger partial charge in [-0.15, -0.1) is 0 Å². The summed E-state index contributed by atoms with van der Waals surface area (Å²) in [5.74, 6) is 1.12. The van der Waals surface area contributed by atoms with Crippen molar-refractivity contribution < 1.29 is 9.18 Å². The number of carbonyl (C=O) groups is 1. The zero-order chi connectivity index (χ0) is 21.6. The first-order chi connectivity index (χ1) is 15.1. The van der Waals surface area contributed by atoms with E-state index < -0.39 is 0 Å². The first kappa shape index (κ1) is 21.4. The molecule has 2 fully saturated rings. The molecule has 0 saturated carbocycles. The number of halogens is 1. The average molecular weight is 427 g/mol. The van der Waals surface area contributed by atoms with Gasteiger partial charge in [-0.25, -0.2) is 14.2 Å². The Morgan fingerprint density at radius 1 is 1.06 bits per heavy atom. The summed E-state index contributed by atoms with van der Waals surface area (Å²) in [4.78, 5) is 23.8. The van der Waals surface area contributed by atoms with Crippen LogP contribution in [0.25, 0.3) is 0 Å². The van der Waals surface area contributed by atoms with Crippen molar-refractivity contribution in [3.63, 3.8) is 0 Å². The van der Waals surface area contributed by atoms with Gasteiger partial charge < -0.3 is 25.3 Å². The summed E-state index contributed by atoms with van der Waals surface area (Å²) < 4.78 is 13.1. The van der Waals surface area contributed by atoms with Gasteiger partial charge in [0.25, 0.3) is 0 Å². The molecule has 2 amide bonds. The minimum absolute atomic E-state index is 0.159. The maximum Gasteiger partial charge on any atom is 0.315 e. The van der Waals surface area contributed by atoms with Gasteiger partial charge in [-0.1, -0.05) is 6.07 Å². The predicted octanol–water partition coefficient (Wildman–Crippen LogP) is 2.30. The van der Waals surface area contributed by atoms with Crippen LogP contribution in [0, 0.1) is 11.7 Å². The smallest absolute Gasteiger partial charge is 0.315 e. The molecule has 2 saturated heterocycles. The molecule has 3 heterocycles. The Hall–Kier alpha value is -2.87. The van der Waals surface area contributed by atoms with E-state index in [0.29, 0.717) is 19.0 Å². The van der Waals surface area contributed by atoms with Crippen LogP contribution in [0.5, 0.6) is 0 Å². The molecule has 0 radical (unpaired) electrons. The molecule has 8 heteroatoms. The fourth-order valence-electron chi connectivity index (χ4n) is 4.23. The van der Waals surface area contributed by atoms with Crippen LogP contribution in [0.1, 0.15) is 12.0 Å². The number of carbonyl (C=O) groups excluding carboxylic acids is 1.